The molecule has 2 aliphatic heterocycles. The molecule has 0 aliphatic carbocycles. The van der Waals surface area contributed by atoms with Crippen LogP contribution in [0.1, 0.15) is 24.8 Å². The van der Waals surface area contributed by atoms with Crippen LogP contribution in [0.3, 0.4) is 0 Å². The second-order valence-electron chi connectivity index (χ2n) is 8.77. The number of alkyl halides is 2. The van der Waals surface area contributed by atoms with Gasteiger partial charge in [0.2, 0.25) is 5.91 Å². The van der Waals surface area contributed by atoms with Gasteiger partial charge in [-0.2, -0.15) is 5.26 Å². The van der Waals surface area contributed by atoms with Crippen molar-refractivity contribution in [1.29, 1.82) is 5.26 Å². The number of piperidine rings is 2. The Bertz CT molecular complexity index is 997. The van der Waals surface area contributed by atoms with Crippen LogP contribution in [0.25, 0.3) is 10.9 Å². The van der Waals surface area contributed by atoms with E-state index in [0.29, 0.717) is 34.6 Å². The lowest BCUT2D eigenvalue weighted by atomic mass is 9.92. The van der Waals surface area contributed by atoms with Crippen LogP contribution in [0.4, 0.5) is 14.5 Å². The van der Waals surface area contributed by atoms with Gasteiger partial charge in [0.25, 0.3) is 5.92 Å². The lowest BCUT2D eigenvalue weighted by Crippen LogP contribution is -2.52. The molecular weight excluding hydrogens is 400 g/mol. The maximum absolute atomic E-state index is 14.6. The largest absolute Gasteiger partial charge is 0.364 e. The van der Waals surface area contributed by atoms with Gasteiger partial charge in [-0.3, -0.25) is 9.78 Å². The van der Waals surface area contributed by atoms with Gasteiger partial charge in [0.05, 0.1) is 23.5 Å². The summed E-state index contributed by atoms with van der Waals surface area (Å²) in [5.74, 6) is -3.68. The molecule has 3 heterocycles. The third-order valence-electron chi connectivity index (χ3n) is 6.39. The van der Waals surface area contributed by atoms with E-state index < -0.39 is 24.8 Å². The van der Waals surface area contributed by atoms with Gasteiger partial charge in [-0.1, -0.05) is 0 Å². The number of hydrogen-bond acceptors (Lipinski definition) is 5. The Morgan fingerprint density at radius 1 is 1.32 bits per heavy atom. The number of nitrogens with zero attached hydrogens (tertiary/aromatic N) is 4. The third kappa shape index (κ3) is 4.77. The van der Waals surface area contributed by atoms with E-state index in [4.69, 9.17) is 0 Å². The number of hydrogen-bond donors (Lipinski definition) is 1. The van der Waals surface area contributed by atoms with Crippen molar-refractivity contribution in [2.75, 3.05) is 44.7 Å². The van der Waals surface area contributed by atoms with Gasteiger partial charge in [-0.05, 0) is 63.2 Å². The molecule has 1 atom stereocenters. The lowest BCUT2D eigenvalue weighted by Gasteiger charge is -2.39. The number of rotatable bonds is 4. The zero-order valence-electron chi connectivity index (χ0n) is 17.7. The first kappa shape index (κ1) is 21.4. The standard InChI is InChI=1S/C23H27F2N5O/c1-29-9-6-16(7-10-29)13-28-22(31)18-11-23(24,25)15-30(14-18)20-5-4-17(12-26)21-19(20)3-2-8-27-21/h2-5,8,16,18H,6-7,9-11,13-15H2,1H3,(H,28,31)/t18-/m0/s1. The molecule has 0 saturated carbocycles. The summed E-state index contributed by atoms with van der Waals surface area (Å²) in [6, 6.07) is 8.88. The highest BCUT2D eigenvalue weighted by Gasteiger charge is 2.43. The van der Waals surface area contributed by atoms with E-state index in [1.54, 1.807) is 35.4 Å². The second kappa shape index (κ2) is 8.75. The van der Waals surface area contributed by atoms with Gasteiger partial charge in [0.15, 0.2) is 0 Å². The number of benzene rings is 1. The number of nitrogens with one attached hydrogen (secondary N) is 1. The number of carbonyl (C=O) groups is 1. The number of likely N-dealkylation sites (tertiary alicyclic amines) is 1. The Labute approximate surface area is 180 Å². The topological polar surface area (TPSA) is 72.3 Å². The molecule has 2 aliphatic rings. The van der Waals surface area contributed by atoms with Crippen LogP contribution >= 0.6 is 0 Å². The molecule has 1 aromatic carbocycles. The van der Waals surface area contributed by atoms with Crippen molar-refractivity contribution >= 4 is 22.5 Å². The molecule has 164 valence electrons. The first-order chi connectivity index (χ1) is 14.9. The molecule has 0 radical (unpaired) electrons. The number of pyridine rings is 1. The predicted molar refractivity (Wildman–Crippen MR) is 115 cm³/mol. The second-order valence-corrected chi connectivity index (χ2v) is 8.77. The quantitative estimate of drug-likeness (QED) is 0.812. The zero-order valence-corrected chi connectivity index (χ0v) is 17.7. The van der Waals surface area contributed by atoms with Crippen molar-refractivity contribution in [1.82, 2.24) is 15.2 Å². The number of fused-ring (bicyclic) bond motifs is 1. The maximum Gasteiger partial charge on any atom is 0.266 e. The summed E-state index contributed by atoms with van der Waals surface area (Å²) in [5.41, 5.74) is 1.46. The van der Waals surface area contributed by atoms with Crippen LogP contribution in [0.5, 0.6) is 0 Å². The fraction of sp³-hybridized carbons (Fsp3) is 0.522. The van der Waals surface area contributed by atoms with Gasteiger partial charge in [0.1, 0.15) is 6.07 Å². The smallest absolute Gasteiger partial charge is 0.266 e. The Morgan fingerprint density at radius 2 is 2.10 bits per heavy atom. The molecule has 4 rings (SSSR count). The van der Waals surface area contributed by atoms with E-state index in [9.17, 15) is 18.8 Å². The summed E-state index contributed by atoms with van der Waals surface area (Å²) in [6.45, 7) is 2.29. The van der Waals surface area contributed by atoms with Crippen molar-refractivity contribution in [2.45, 2.75) is 25.2 Å². The van der Waals surface area contributed by atoms with E-state index in [1.165, 1.54) is 0 Å². The van der Waals surface area contributed by atoms with Crippen molar-refractivity contribution in [2.24, 2.45) is 11.8 Å². The number of halogens is 2. The van der Waals surface area contributed by atoms with E-state index in [0.717, 1.165) is 25.9 Å². The van der Waals surface area contributed by atoms with E-state index in [-0.39, 0.29) is 12.5 Å². The minimum absolute atomic E-state index is 0.213. The van der Waals surface area contributed by atoms with Crippen LogP contribution in [0.15, 0.2) is 30.5 Å². The highest BCUT2D eigenvalue weighted by molar-refractivity contribution is 5.95. The number of anilines is 1. The molecular formula is C23H27F2N5O. The molecule has 2 saturated heterocycles. The summed E-state index contributed by atoms with van der Waals surface area (Å²) in [4.78, 5) is 20.9. The van der Waals surface area contributed by atoms with Crippen LogP contribution in [-0.4, -0.2) is 61.5 Å². The highest BCUT2D eigenvalue weighted by atomic mass is 19.3. The van der Waals surface area contributed by atoms with Crippen molar-refractivity contribution in [3.05, 3.63) is 36.0 Å². The Morgan fingerprint density at radius 3 is 2.84 bits per heavy atom. The van der Waals surface area contributed by atoms with E-state index >= 15 is 0 Å². The molecule has 8 heteroatoms. The fourth-order valence-corrected chi connectivity index (χ4v) is 4.64. The average Bonchev–Trinajstić information content (AvgIpc) is 2.76. The first-order valence-electron chi connectivity index (χ1n) is 10.7. The number of amides is 1. The van der Waals surface area contributed by atoms with E-state index in [2.05, 4.69) is 28.3 Å². The van der Waals surface area contributed by atoms with Gasteiger partial charge in [-0.25, -0.2) is 8.78 Å². The minimum Gasteiger partial charge on any atom is -0.364 e. The molecule has 1 amide bonds. The summed E-state index contributed by atoms with van der Waals surface area (Å²) < 4.78 is 29.3. The van der Waals surface area contributed by atoms with Crippen molar-refractivity contribution in [3.8, 4) is 6.07 Å². The summed E-state index contributed by atoms with van der Waals surface area (Å²) >= 11 is 0. The summed E-state index contributed by atoms with van der Waals surface area (Å²) in [7, 11) is 2.08. The Kier molecular flexibility index (Phi) is 6.05. The summed E-state index contributed by atoms with van der Waals surface area (Å²) in [6.07, 6.45) is 3.15. The Hall–Kier alpha value is -2.79. The van der Waals surface area contributed by atoms with Gasteiger partial charge in [0, 0.05) is 36.8 Å². The molecule has 1 N–H and O–H groups in total. The molecule has 6 nitrogen and oxygen atoms in total. The zero-order chi connectivity index (χ0) is 22.0. The fourth-order valence-electron chi connectivity index (χ4n) is 4.64. The Balaban J connectivity index is 1.51. The van der Waals surface area contributed by atoms with Gasteiger partial charge >= 0.3 is 0 Å². The molecule has 0 spiro atoms. The van der Waals surface area contributed by atoms with Gasteiger partial charge < -0.3 is 15.1 Å². The van der Waals surface area contributed by atoms with Crippen LogP contribution in [-0.2, 0) is 4.79 Å². The monoisotopic (exact) mass is 427 g/mol. The summed E-state index contributed by atoms with van der Waals surface area (Å²) in [5, 5.41) is 12.9. The molecule has 2 aromatic rings. The molecule has 2 fully saturated rings. The normalized spacial score (nSPS) is 22.3. The molecule has 1 aromatic heterocycles. The highest BCUT2D eigenvalue weighted by Crippen LogP contribution is 2.36. The minimum atomic E-state index is -2.98. The van der Waals surface area contributed by atoms with Crippen LogP contribution < -0.4 is 10.2 Å². The number of carbonyl (C=O) groups excluding carboxylic acids is 1. The third-order valence-corrected chi connectivity index (χ3v) is 6.39. The number of nitriles is 1. The van der Waals surface area contributed by atoms with Crippen molar-refractivity contribution in [3.63, 3.8) is 0 Å². The van der Waals surface area contributed by atoms with Crippen molar-refractivity contribution < 1.29 is 13.6 Å². The van der Waals surface area contributed by atoms with Crippen LogP contribution in [0.2, 0.25) is 0 Å². The predicted octanol–water partition coefficient (Wildman–Crippen LogP) is 3.03. The molecule has 0 bridgehead atoms. The van der Waals surface area contributed by atoms with Crippen LogP contribution in [0, 0.1) is 23.2 Å². The van der Waals surface area contributed by atoms with E-state index in [1.807, 2.05) is 0 Å². The van der Waals surface area contributed by atoms with Gasteiger partial charge in [-0.15, -0.1) is 0 Å². The lowest BCUT2D eigenvalue weighted by molar-refractivity contribution is -0.130. The maximum atomic E-state index is 14.6. The molecule has 31 heavy (non-hydrogen) atoms. The molecule has 0 unspecified atom stereocenters. The number of aromatic nitrogens is 1. The average molecular weight is 427 g/mol. The first-order valence-corrected chi connectivity index (χ1v) is 10.7. The SMILES string of the molecule is CN1CCC(CNC(=O)[C@@H]2CN(c3ccc(C#N)c4ncccc34)CC(F)(F)C2)CC1.